The molecule has 0 atom stereocenters. The van der Waals surface area contributed by atoms with E-state index in [0.717, 1.165) is 22.9 Å². The average Bonchev–Trinajstić information content (AvgIpc) is 3.45. The standard InChI is InChI=1S/C33H40ClFN6O5/c1-7-41(20(2)3)30(42)24-17-22(35)11-12-27(24)45-31-36-29(28(34)37-38-31)39-15-13-23(14-16-39)44-26-10-8-9-21-18-40(19-25(21)26)32(43)46-33(4,5)6/h8-12,17,20,23H,7,13-16,18-19H2,1-6H3. The molecule has 0 saturated carbocycles. The Morgan fingerprint density at radius 1 is 1.09 bits per heavy atom. The Hall–Kier alpha value is -4.19. The molecule has 2 aliphatic rings. The number of anilines is 1. The summed E-state index contributed by atoms with van der Waals surface area (Å²) in [5, 5.41) is 8.12. The van der Waals surface area contributed by atoms with E-state index in [4.69, 9.17) is 25.8 Å². The molecule has 0 N–H and O–H groups in total. The van der Waals surface area contributed by atoms with Crippen LogP contribution in [0, 0.1) is 5.82 Å². The first-order chi connectivity index (χ1) is 21.8. The third-order valence-corrected chi connectivity index (χ3v) is 8.08. The van der Waals surface area contributed by atoms with E-state index in [2.05, 4.69) is 15.2 Å². The summed E-state index contributed by atoms with van der Waals surface area (Å²) in [6.45, 7) is 13.7. The number of benzene rings is 2. The molecule has 11 nitrogen and oxygen atoms in total. The Bertz CT molecular complexity index is 1590. The van der Waals surface area contributed by atoms with Gasteiger partial charge in [-0.1, -0.05) is 28.8 Å². The highest BCUT2D eigenvalue weighted by Crippen LogP contribution is 2.35. The zero-order valence-corrected chi connectivity index (χ0v) is 27.8. The smallest absolute Gasteiger partial charge is 0.410 e. The molecule has 3 aromatic rings. The minimum Gasteiger partial charge on any atom is -0.490 e. The van der Waals surface area contributed by atoms with Crippen LogP contribution < -0.4 is 14.4 Å². The number of halogens is 2. The molecule has 1 saturated heterocycles. The number of hydrogen-bond acceptors (Lipinski definition) is 9. The molecule has 246 valence electrons. The number of aromatic nitrogens is 3. The van der Waals surface area contributed by atoms with Crippen LogP contribution in [0.15, 0.2) is 36.4 Å². The zero-order valence-electron chi connectivity index (χ0n) is 27.0. The van der Waals surface area contributed by atoms with Crippen LogP contribution in [0.25, 0.3) is 0 Å². The van der Waals surface area contributed by atoms with Crippen molar-refractivity contribution < 1.29 is 28.2 Å². The van der Waals surface area contributed by atoms with Gasteiger partial charge in [0.05, 0.1) is 12.1 Å². The topological polar surface area (TPSA) is 110 Å². The van der Waals surface area contributed by atoms with Gasteiger partial charge >= 0.3 is 12.1 Å². The lowest BCUT2D eigenvalue weighted by Crippen LogP contribution is -2.39. The van der Waals surface area contributed by atoms with E-state index >= 15 is 0 Å². The molecule has 0 aliphatic carbocycles. The van der Waals surface area contributed by atoms with Crippen LogP contribution in [0.2, 0.25) is 5.15 Å². The molecule has 2 amide bonds. The van der Waals surface area contributed by atoms with Crippen LogP contribution in [-0.2, 0) is 17.8 Å². The number of amides is 2. The number of hydrogen-bond donors (Lipinski definition) is 0. The monoisotopic (exact) mass is 654 g/mol. The lowest BCUT2D eigenvalue weighted by Gasteiger charge is -2.33. The second-order valence-corrected chi connectivity index (χ2v) is 13.0. The minimum atomic E-state index is -0.568. The molecule has 13 heteroatoms. The van der Waals surface area contributed by atoms with Gasteiger partial charge < -0.3 is 24.0 Å². The first-order valence-electron chi connectivity index (χ1n) is 15.5. The number of carbonyl (C=O) groups excluding carboxylic acids is 2. The number of carbonyl (C=O) groups is 2. The molecular weight excluding hydrogens is 615 g/mol. The van der Waals surface area contributed by atoms with Crippen LogP contribution in [0.1, 0.15) is 75.9 Å². The van der Waals surface area contributed by atoms with Gasteiger partial charge in [0.1, 0.15) is 29.0 Å². The van der Waals surface area contributed by atoms with Gasteiger partial charge in [-0.05, 0) is 71.4 Å². The van der Waals surface area contributed by atoms with Crippen LogP contribution >= 0.6 is 11.6 Å². The maximum atomic E-state index is 14.2. The SMILES string of the molecule is CCN(C(=O)c1cc(F)ccc1Oc1nnc(Cl)c(N2CCC(Oc3cccc4c3CN(C(=O)OC(C)(C)C)C4)CC2)n1)C(C)C. The third kappa shape index (κ3) is 7.60. The van der Waals surface area contributed by atoms with E-state index in [1.807, 2.05) is 64.6 Å². The predicted octanol–water partition coefficient (Wildman–Crippen LogP) is 6.63. The van der Waals surface area contributed by atoms with Crippen LogP contribution in [0.5, 0.6) is 17.5 Å². The van der Waals surface area contributed by atoms with E-state index in [1.165, 1.54) is 12.1 Å². The molecule has 2 aromatic carbocycles. The molecule has 1 aromatic heterocycles. The van der Waals surface area contributed by atoms with Gasteiger partial charge in [0, 0.05) is 50.6 Å². The fourth-order valence-electron chi connectivity index (χ4n) is 5.61. The average molecular weight is 655 g/mol. The maximum absolute atomic E-state index is 14.2. The van der Waals surface area contributed by atoms with Gasteiger partial charge in [-0.25, -0.2) is 9.18 Å². The molecule has 0 unspecified atom stereocenters. The summed E-state index contributed by atoms with van der Waals surface area (Å²) < 4.78 is 32.1. The number of nitrogens with zero attached hydrogens (tertiary/aromatic N) is 6. The first-order valence-corrected chi connectivity index (χ1v) is 15.9. The molecule has 1 fully saturated rings. The van der Waals surface area contributed by atoms with Crippen molar-refractivity contribution in [3.8, 4) is 17.5 Å². The predicted molar refractivity (Wildman–Crippen MR) is 171 cm³/mol. The van der Waals surface area contributed by atoms with E-state index in [1.54, 1.807) is 9.80 Å². The molecule has 5 rings (SSSR count). The van der Waals surface area contributed by atoms with Crippen LogP contribution in [0.3, 0.4) is 0 Å². The normalized spacial score (nSPS) is 15.2. The molecule has 0 radical (unpaired) electrons. The Kier molecular flexibility index (Phi) is 9.85. The summed E-state index contributed by atoms with van der Waals surface area (Å²) in [5.41, 5.74) is 1.54. The number of rotatable bonds is 8. The van der Waals surface area contributed by atoms with Crippen molar-refractivity contribution >= 4 is 29.4 Å². The summed E-state index contributed by atoms with van der Waals surface area (Å²) in [4.78, 5) is 35.7. The van der Waals surface area contributed by atoms with Gasteiger partial charge in [0.2, 0.25) is 0 Å². The van der Waals surface area contributed by atoms with Gasteiger partial charge in [0.15, 0.2) is 11.0 Å². The summed E-state index contributed by atoms with van der Waals surface area (Å²) in [5.74, 6) is 0.359. The molecule has 0 spiro atoms. The van der Waals surface area contributed by atoms with Crippen LogP contribution in [-0.4, -0.2) is 74.4 Å². The van der Waals surface area contributed by atoms with E-state index in [0.29, 0.717) is 51.4 Å². The van der Waals surface area contributed by atoms with Crippen molar-refractivity contribution in [2.75, 3.05) is 24.5 Å². The second-order valence-electron chi connectivity index (χ2n) is 12.7. The number of piperidine rings is 1. The molecular formula is C33H40ClFN6O5. The van der Waals surface area contributed by atoms with Gasteiger partial charge in [0.25, 0.3) is 5.91 Å². The fourth-order valence-corrected chi connectivity index (χ4v) is 5.81. The van der Waals surface area contributed by atoms with Gasteiger partial charge in [-0.3, -0.25) is 9.69 Å². The van der Waals surface area contributed by atoms with Crippen molar-refractivity contribution in [1.29, 1.82) is 0 Å². The quantitative estimate of drug-likeness (QED) is 0.264. The molecule has 0 bridgehead atoms. The number of ether oxygens (including phenoxy) is 3. The summed E-state index contributed by atoms with van der Waals surface area (Å²) in [6.07, 6.45) is 0.976. The Morgan fingerprint density at radius 3 is 2.50 bits per heavy atom. The van der Waals surface area contributed by atoms with Crippen molar-refractivity contribution in [3.63, 3.8) is 0 Å². The highest BCUT2D eigenvalue weighted by Gasteiger charge is 2.31. The van der Waals surface area contributed by atoms with Crippen molar-refractivity contribution in [3.05, 3.63) is 64.1 Å². The van der Waals surface area contributed by atoms with Crippen molar-refractivity contribution in [2.45, 2.75) is 85.2 Å². The molecule has 46 heavy (non-hydrogen) atoms. The Balaban J connectivity index is 1.24. The van der Waals surface area contributed by atoms with E-state index in [9.17, 15) is 14.0 Å². The lowest BCUT2D eigenvalue weighted by molar-refractivity contribution is 0.0240. The lowest BCUT2D eigenvalue weighted by atomic mass is 10.1. The summed E-state index contributed by atoms with van der Waals surface area (Å²) in [7, 11) is 0. The summed E-state index contributed by atoms with van der Waals surface area (Å²) >= 11 is 6.42. The molecule has 2 aliphatic heterocycles. The fraction of sp³-hybridized carbons (Fsp3) is 0.485. The van der Waals surface area contributed by atoms with Gasteiger partial charge in [-0.2, -0.15) is 4.98 Å². The maximum Gasteiger partial charge on any atom is 0.410 e. The van der Waals surface area contributed by atoms with Crippen molar-refractivity contribution in [2.24, 2.45) is 0 Å². The highest BCUT2D eigenvalue weighted by atomic mass is 35.5. The van der Waals surface area contributed by atoms with Crippen LogP contribution in [0.4, 0.5) is 15.0 Å². The molecule has 3 heterocycles. The second kappa shape index (κ2) is 13.7. The Labute approximate surface area is 273 Å². The third-order valence-electron chi connectivity index (χ3n) is 7.83. The highest BCUT2D eigenvalue weighted by molar-refractivity contribution is 6.31. The Morgan fingerprint density at radius 2 is 1.83 bits per heavy atom. The van der Waals surface area contributed by atoms with Crippen molar-refractivity contribution in [1.82, 2.24) is 25.0 Å². The van der Waals surface area contributed by atoms with E-state index in [-0.39, 0.29) is 46.6 Å². The first kappa shape index (κ1) is 33.2. The largest absolute Gasteiger partial charge is 0.490 e. The van der Waals surface area contributed by atoms with Gasteiger partial charge in [-0.15, -0.1) is 5.10 Å². The summed E-state index contributed by atoms with van der Waals surface area (Å²) in [6, 6.07) is 9.43. The van der Waals surface area contributed by atoms with E-state index < -0.39 is 11.4 Å². The minimum absolute atomic E-state index is 0.0575. The number of fused-ring (bicyclic) bond motifs is 1. The zero-order chi connectivity index (χ0) is 33.2.